The molecule has 1 amide bonds. The van der Waals surface area contributed by atoms with Crippen LogP contribution in [0.4, 0.5) is 0 Å². The van der Waals surface area contributed by atoms with Crippen molar-refractivity contribution in [2.75, 3.05) is 7.05 Å². The van der Waals surface area contributed by atoms with Crippen LogP contribution in [0.15, 0.2) is 23.0 Å². The van der Waals surface area contributed by atoms with Crippen LogP contribution in [0.1, 0.15) is 39.0 Å². The molecule has 0 aliphatic carbocycles. The number of hydrogen-bond donors (Lipinski definition) is 1. The highest BCUT2D eigenvalue weighted by Gasteiger charge is 2.23. The summed E-state index contributed by atoms with van der Waals surface area (Å²) in [5.41, 5.74) is 0.913. The van der Waals surface area contributed by atoms with Gasteiger partial charge in [0.2, 0.25) is 5.56 Å². The Labute approximate surface area is 121 Å². The minimum absolute atomic E-state index is 0.142. The molecule has 0 saturated carbocycles. The van der Waals surface area contributed by atoms with Gasteiger partial charge >= 0.3 is 0 Å². The van der Waals surface area contributed by atoms with E-state index >= 15 is 0 Å². The molecule has 1 atom stereocenters. The van der Waals surface area contributed by atoms with Crippen molar-refractivity contribution in [3.63, 3.8) is 0 Å². The number of aryl methyl sites for hydroxylation is 2. The zero-order valence-corrected chi connectivity index (χ0v) is 12.7. The fourth-order valence-electron chi connectivity index (χ4n) is 2.05. The molecule has 20 heavy (non-hydrogen) atoms. The Morgan fingerprint density at radius 2 is 2.10 bits per heavy atom. The highest BCUT2D eigenvalue weighted by molar-refractivity contribution is 7.11. The molecule has 2 aromatic heterocycles. The number of H-pyrrole nitrogens is 1. The van der Waals surface area contributed by atoms with Crippen molar-refractivity contribution in [1.82, 2.24) is 14.9 Å². The maximum Gasteiger partial charge on any atom is 0.270 e. The summed E-state index contributed by atoms with van der Waals surface area (Å²) in [6.45, 7) is 5.88. The summed E-state index contributed by atoms with van der Waals surface area (Å²) >= 11 is 1.62. The average Bonchev–Trinajstić information content (AvgIpc) is 2.75. The molecule has 0 aliphatic rings. The molecule has 0 radical (unpaired) electrons. The Morgan fingerprint density at radius 3 is 2.65 bits per heavy atom. The Balaban J connectivity index is 2.26. The van der Waals surface area contributed by atoms with E-state index in [4.69, 9.17) is 0 Å². The Kier molecular flexibility index (Phi) is 4.04. The van der Waals surface area contributed by atoms with Crippen LogP contribution in [0.3, 0.4) is 0 Å². The van der Waals surface area contributed by atoms with Gasteiger partial charge in [0.05, 0.1) is 16.7 Å². The third-order valence-corrected chi connectivity index (χ3v) is 4.14. The lowest BCUT2D eigenvalue weighted by atomic mass is 10.2. The van der Waals surface area contributed by atoms with Crippen molar-refractivity contribution < 1.29 is 4.79 Å². The number of carbonyl (C=O) groups is 1. The van der Waals surface area contributed by atoms with Crippen molar-refractivity contribution in [3.8, 4) is 0 Å². The number of rotatable bonds is 3. The van der Waals surface area contributed by atoms with Gasteiger partial charge in [-0.1, -0.05) is 6.07 Å². The summed E-state index contributed by atoms with van der Waals surface area (Å²) in [7, 11) is 1.71. The fourth-order valence-corrected chi connectivity index (χ4v) is 2.96. The number of pyridine rings is 1. The first-order valence-electron chi connectivity index (χ1n) is 6.30. The molecule has 1 N–H and O–H groups in total. The van der Waals surface area contributed by atoms with E-state index < -0.39 is 0 Å². The first-order valence-corrected chi connectivity index (χ1v) is 7.12. The summed E-state index contributed by atoms with van der Waals surface area (Å²) in [6, 6.07) is 4.42. The summed E-state index contributed by atoms with van der Waals surface area (Å²) in [5.74, 6) is -0.222. The molecular weight excluding hydrogens is 274 g/mol. The van der Waals surface area contributed by atoms with Crippen molar-refractivity contribution >= 4 is 17.2 Å². The second-order valence-electron chi connectivity index (χ2n) is 4.70. The maximum absolute atomic E-state index is 12.4. The molecule has 2 rings (SSSR count). The first kappa shape index (κ1) is 14.5. The zero-order valence-electron chi connectivity index (χ0n) is 11.9. The number of nitrogens with one attached hydrogen (secondary N) is 1. The lowest BCUT2D eigenvalue weighted by molar-refractivity contribution is 0.0733. The minimum atomic E-state index is -0.280. The molecule has 0 bridgehead atoms. The number of aromatic amines is 1. The highest BCUT2D eigenvalue weighted by atomic mass is 32.1. The van der Waals surface area contributed by atoms with Crippen molar-refractivity contribution in [2.45, 2.75) is 26.8 Å². The van der Waals surface area contributed by atoms with Gasteiger partial charge in [-0.2, -0.15) is 0 Å². The molecule has 0 fully saturated rings. The predicted octanol–water partition coefficient (Wildman–Crippen LogP) is 2.28. The van der Waals surface area contributed by atoms with Gasteiger partial charge in [-0.05, 0) is 26.8 Å². The van der Waals surface area contributed by atoms with E-state index in [0.717, 1.165) is 15.6 Å². The van der Waals surface area contributed by atoms with E-state index in [0.29, 0.717) is 0 Å². The van der Waals surface area contributed by atoms with Crippen LogP contribution >= 0.6 is 11.3 Å². The van der Waals surface area contributed by atoms with E-state index in [1.54, 1.807) is 35.4 Å². The Bertz CT molecular complexity index is 690. The molecule has 0 saturated heterocycles. The van der Waals surface area contributed by atoms with E-state index in [1.165, 1.54) is 6.07 Å². The quantitative estimate of drug-likeness (QED) is 0.943. The van der Waals surface area contributed by atoms with Crippen LogP contribution in [0.5, 0.6) is 0 Å². The Morgan fingerprint density at radius 1 is 1.40 bits per heavy atom. The SMILES string of the molecule is Cc1nc(C(C)N(C)C(=O)c2cccc(=O)[nH]2)c(C)s1. The molecular formula is C14H17N3O2S. The molecule has 1 unspecified atom stereocenters. The first-order chi connectivity index (χ1) is 9.40. The van der Waals surface area contributed by atoms with Gasteiger partial charge in [-0.15, -0.1) is 11.3 Å². The topological polar surface area (TPSA) is 66.1 Å². The standard InChI is InChI=1S/C14H17N3O2S/c1-8(13-9(2)20-10(3)15-13)17(4)14(19)11-6-5-7-12(18)16-11/h5-8H,1-4H3,(H,16,18). The fraction of sp³-hybridized carbons (Fsp3) is 0.357. The smallest absolute Gasteiger partial charge is 0.270 e. The third-order valence-electron chi connectivity index (χ3n) is 3.24. The number of thiazole rings is 1. The molecule has 2 aromatic rings. The van der Waals surface area contributed by atoms with Gasteiger partial charge in [0.1, 0.15) is 5.69 Å². The van der Waals surface area contributed by atoms with E-state index in [-0.39, 0.29) is 23.2 Å². The molecule has 0 spiro atoms. The third kappa shape index (κ3) is 2.80. The second kappa shape index (κ2) is 5.58. The van der Waals surface area contributed by atoms with Gasteiger partial charge in [0, 0.05) is 18.0 Å². The largest absolute Gasteiger partial charge is 0.332 e. The van der Waals surface area contributed by atoms with Crippen molar-refractivity contribution in [1.29, 1.82) is 0 Å². The summed E-state index contributed by atoms with van der Waals surface area (Å²) in [5, 5.41) is 0.985. The normalized spacial score (nSPS) is 12.2. The molecule has 106 valence electrons. The molecule has 0 aromatic carbocycles. The minimum Gasteiger partial charge on any atom is -0.332 e. The lowest BCUT2D eigenvalue weighted by Gasteiger charge is -2.24. The number of nitrogens with zero attached hydrogens (tertiary/aromatic N) is 2. The summed E-state index contributed by atoms with van der Waals surface area (Å²) in [6.07, 6.45) is 0. The second-order valence-corrected chi connectivity index (χ2v) is 6.10. The average molecular weight is 291 g/mol. The van der Waals surface area contributed by atoms with Crippen LogP contribution in [0.2, 0.25) is 0 Å². The molecule has 6 heteroatoms. The van der Waals surface area contributed by atoms with E-state index in [2.05, 4.69) is 9.97 Å². The molecule has 0 aliphatic heterocycles. The zero-order chi connectivity index (χ0) is 14.9. The highest BCUT2D eigenvalue weighted by Crippen LogP contribution is 2.26. The van der Waals surface area contributed by atoms with Crippen LogP contribution in [-0.2, 0) is 0 Å². The number of amides is 1. The van der Waals surface area contributed by atoms with Gasteiger partial charge in [0.15, 0.2) is 0 Å². The van der Waals surface area contributed by atoms with E-state index in [1.807, 2.05) is 20.8 Å². The van der Waals surface area contributed by atoms with Crippen molar-refractivity contribution in [3.05, 3.63) is 49.8 Å². The Hall–Kier alpha value is -1.95. The number of carbonyl (C=O) groups excluding carboxylic acids is 1. The van der Waals surface area contributed by atoms with Gasteiger partial charge in [-0.3, -0.25) is 9.59 Å². The van der Waals surface area contributed by atoms with Crippen LogP contribution in [0.25, 0.3) is 0 Å². The van der Waals surface area contributed by atoms with E-state index in [9.17, 15) is 9.59 Å². The predicted molar refractivity (Wildman–Crippen MR) is 79.2 cm³/mol. The van der Waals surface area contributed by atoms with Crippen LogP contribution in [0, 0.1) is 13.8 Å². The molecule has 5 nitrogen and oxygen atoms in total. The van der Waals surface area contributed by atoms with Gasteiger partial charge in [-0.25, -0.2) is 4.98 Å². The number of aromatic nitrogens is 2. The monoisotopic (exact) mass is 291 g/mol. The van der Waals surface area contributed by atoms with Crippen LogP contribution < -0.4 is 5.56 Å². The maximum atomic E-state index is 12.4. The van der Waals surface area contributed by atoms with Crippen molar-refractivity contribution in [2.24, 2.45) is 0 Å². The van der Waals surface area contributed by atoms with Gasteiger partial charge in [0.25, 0.3) is 5.91 Å². The summed E-state index contributed by atoms with van der Waals surface area (Å²) < 4.78 is 0. The number of hydrogen-bond acceptors (Lipinski definition) is 4. The summed E-state index contributed by atoms with van der Waals surface area (Å²) in [4.78, 5) is 33.4. The lowest BCUT2D eigenvalue weighted by Crippen LogP contribution is -2.31. The van der Waals surface area contributed by atoms with Gasteiger partial charge < -0.3 is 9.88 Å². The van der Waals surface area contributed by atoms with Crippen LogP contribution in [-0.4, -0.2) is 27.8 Å². The molecule has 2 heterocycles.